The maximum absolute atomic E-state index is 11.5. The second-order valence-electron chi connectivity index (χ2n) is 3.86. The number of nitrogens with zero attached hydrogens (tertiary/aromatic N) is 2. The number of nitrogens with one attached hydrogen (secondary N) is 1. The van der Waals surface area contributed by atoms with Crippen molar-refractivity contribution >= 4 is 11.8 Å². The summed E-state index contributed by atoms with van der Waals surface area (Å²) in [5, 5.41) is 6.38. The van der Waals surface area contributed by atoms with Crippen LogP contribution in [0.2, 0.25) is 0 Å². The van der Waals surface area contributed by atoms with Crippen molar-refractivity contribution in [3.05, 3.63) is 11.8 Å². The lowest BCUT2D eigenvalue weighted by Gasteiger charge is -2.12. The lowest BCUT2D eigenvalue weighted by Crippen LogP contribution is -2.30. The number of rotatable bonds is 3. The van der Waals surface area contributed by atoms with Crippen LogP contribution in [0.4, 0.5) is 5.88 Å². The van der Waals surface area contributed by atoms with E-state index in [0.717, 1.165) is 18.8 Å². The highest BCUT2D eigenvalue weighted by molar-refractivity contribution is 5.90. The summed E-state index contributed by atoms with van der Waals surface area (Å²) >= 11 is 0. The van der Waals surface area contributed by atoms with E-state index in [2.05, 4.69) is 15.4 Å². The summed E-state index contributed by atoms with van der Waals surface area (Å²) < 4.78 is 4.90. The molecular formula is C10H15N3O2. The topological polar surface area (TPSA) is 58.4 Å². The summed E-state index contributed by atoms with van der Waals surface area (Å²) in [6, 6.07) is 1.71. The molecule has 0 unspecified atom stereocenters. The highest BCUT2D eigenvalue weighted by Gasteiger charge is 2.15. The molecular weight excluding hydrogens is 194 g/mol. The molecule has 0 aliphatic carbocycles. The van der Waals surface area contributed by atoms with Gasteiger partial charge in [0.15, 0.2) is 0 Å². The zero-order valence-corrected chi connectivity index (χ0v) is 8.82. The van der Waals surface area contributed by atoms with Gasteiger partial charge in [0.2, 0.25) is 11.8 Å². The summed E-state index contributed by atoms with van der Waals surface area (Å²) in [6.45, 7) is 4.30. The van der Waals surface area contributed by atoms with Crippen molar-refractivity contribution in [1.29, 1.82) is 0 Å². The van der Waals surface area contributed by atoms with Crippen molar-refractivity contribution in [2.75, 3.05) is 25.0 Å². The molecule has 0 saturated carbocycles. The molecule has 0 spiro atoms. The Bertz CT molecular complexity index is 342. The highest BCUT2D eigenvalue weighted by atomic mass is 16.5. The molecule has 1 amide bonds. The van der Waals surface area contributed by atoms with Gasteiger partial charge in [0.05, 0.1) is 12.2 Å². The fourth-order valence-corrected chi connectivity index (χ4v) is 1.74. The first-order chi connectivity index (χ1) is 7.24. The van der Waals surface area contributed by atoms with Crippen LogP contribution < -0.4 is 5.32 Å². The molecule has 0 radical (unpaired) electrons. The predicted molar refractivity (Wildman–Crippen MR) is 55.5 cm³/mol. The van der Waals surface area contributed by atoms with Gasteiger partial charge in [-0.15, -0.1) is 0 Å². The molecule has 1 fully saturated rings. The van der Waals surface area contributed by atoms with Crippen LogP contribution in [0.1, 0.15) is 18.5 Å². The van der Waals surface area contributed by atoms with E-state index in [9.17, 15) is 4.79 Å². The Kier molecular flexibility index (Phi) is 3.01. The molecule has 2 rings (SSSR count). The number of hydrogen-bond donors (Lipinski definition) is 1. The Labute approximate surface area is 88.4 Å². The molecule has 15 heavy (non-hydrogen) atoms. The Morgan fingerprint density at radius 1 is 1.60 bits per heavy atom. The zero-order valence-electron chi connectivity index (χ0n) is 8.82. The van der Waals surface area contributed by atoms with Crippen LogP contribution in [0, 0.1) is 6.92 Å². The van der Waals surface area contributed by atoms with Crippen LogP contribution in [0.15, 0.2) is 10.6 Å². The Morgan fingerprint density at radius 2 is 2.33 bits per heavy atom. The van der Waals surface area contributed by atoms with Gasteiger partial charge in [-0.3, -0.25) is 15.0 Å². The van der Waals surface area contributed by atoms with E-state index in [1.165, 1.54) is 12.8 Å². The first-order valence-electron chi connectivity index (χ1n) is 5.19. The number of carbonyl (C=O) groups is 1. The first kappa shape index (κ1) is 10.2. The highest BCUT2D eigenvalue weighted by Crippen LogP contribution is 2.10. The maximum Gasteiger partial charge on any atom is 0.240 e. The third kappa shape index (κ3) is 2.79. The quantitative estimate of drug-likeness (QED) is 0.807. The van der Waals surface area contributed by atoms with Gasteiger partial charge in [-0.05, 0) is 32.9 Å². The van der Waals surface area contributed by atoms with Gasteiger partial charge < -0.3 is 4.52 Å². The van der Waals surface area contributed by atoms with Gasteiger partial charge in [0.25, 0.3) is 0 Å². The molecule has 5 nitrogen and oxygen atoms in total. The van der Waals surface area contributed by atoms with E-state index in [1.54, 1.807) is 6.07 Å². The minimum atomic E-state index is -0.0342. The first-order valence-corrected chi connectivity index (χ1v) is 5.19. The van der Waals surface area contributed by atoms with Crippen molar-refractivity contribution < 1.29 is 9.32 Å². The third-order valence-electron chi connectivity index (χ3n) is 2.46. The summed E-state index contributed by atoms with van der Waals surface area (Å²) in [5.41, 5.74) is 0.770. The minimum Gasteiger partial charge on any atom is -0.338 e. The Balaban J connectivity index is 1.81. The molecule has 5 heteroatoms. The van der Waals surface area contributed by atoms with E-state index < -0.39 is 0 Å². The molecule has 1 aromatic rings. The second kappa shape index (κ2) is 4.44. The summed E-state index contributed by atoms with van der Waals surface area (Å²) in [7, 11) is 0. The smallest absolute Gasteiger partial charge is 0.240 e. The monoisotopic (exact) mass is 209 g/mol. The Morgan fingerprint density at radius 3 is 2.93 bits per heavy atom. The molecule has 0 aromatic carbocycles. The van der Waals surface area contributed by atoms with E-state index >= 15 is 0 Å². The van der Waals surface area contributed by atoms with E-state index in [1.807, 2.05) is 6.92 Å². The van der Waals surface area contributed by atoms with Crippen LogP contribution in [0.5, 0.6) is 0 Å². The molecule has 1 aliphatic rings. The predicted octanol–water partition coefficient (Wildman–Crippen LogP) is 1.02. The zero-order chi connectivity index (χ0) is 10.7. The van der Waals surface area contributed by atoms with E-state index in [-0.39, 0.29) is 5.91 Å². The Hall–Kier alpha value is -1.36. The minimum absolute atomic E-state index is 0.0342. The average Bonchev–Trinajstić information content (AvgIpc) is 2.77. The van der Waals surface area contributed by atoms with Crippen molar-refractivity contribution in [1.82, 2.24) is 10.1 Å². The molecule has 82 valence electrons. The number of carbonyl (C=O) groups excluding carboxylic acids is 1. The molecule has 0 atom stereocenters. The van der Waals surface area contributed by atoms with Gasteiger partial charge in [0.1, 0.15) is 0 Å². The fraction of sp³-hybridized carbons (Fsp3) is 0.600. The normalized spacial score (nSPS) is 16.9. The van der Waals surface area contributed by atoms with Crippen LogP contribution >= 0.6 is 0 Å². The number of amides is 1. The van der Waals surface area contributed by atoms with Crippen LogP contribution in [-0.2, 0) is 4.79 Å². The lowest BCUT2D eigenvalue weighted by atomic mass is 10.4. The lowest BCUT2D eigenvalue weighted by molar-refractivity contribution is -0.117. The number of anilines is 1. The van der Waals surface area contributed by atoms with Crippen molar-refractivity contribution in [3.8, 4) is 0 Å². The SMILES string of the molecule is Cc1cc(NC(=O)CN2CCCC2)on1. The van der Waals surface area contributed by atoms with Gasteiger partial charge in [-0.2, -0.15) is 0 Å². The summed E-state index contributed by atoms with van der Waals surface area (Å²) in [4.78, 5) is 13.7. The number of likely N-dealkylation sites (tertiary alicyclic amines) is 1. The van der Waals surface area contributed by atoms with Crippen molar-refractivity contribution in [3.63, 3.8) is 0 Å². The molecule has 1 aliphatic heterocycles. The molecule has 1 aromatic heterocycles. The largest absolute Gasteiger partial charge is 0.338 e. The van der Waals surface area contributed by atoms with E-state index in [4.69, 9.17) is 4.52 Å². The average molecular weight is 209 g/mol. The van der Waals surface area contributed by atoms with Crippen LogP contribution in [0.3, 0.4) is 0 Å². The number of aromatic nitrogens is 1. The van der Waals surface area contributed by atoms with Gasteiger partial charge in [-0.1, -0.05) is 5.16 Å². The van der Waals surface area contributed by atoms with Crippen molar-refractivity contribution in [2.24, 2.45) is 0 Å². The standard InChI is InChI=1S/C10H15N3O2/c1-8-6-10(15-12-8)11-9(14)7-13-4-2-3-5-13/h6H,2-5,7H2,1H3,(H,11,14). The molecule has 0 bridgehead atoms. The number of hydrogen-bond acceptors (Lipinski definition) is 4. The summed E-state index contributed by atoms with van der Waals surface area (Å²) in [6.07, 6.45) is 2.38. The second-order valence-corrected chi connectivity index (χ2v) is 3.86. The molecule has 1 saturated heterocycles. The maximum atomic E-state index is 11.5. The van der Waals surface area contributed by atoms with Crippen LogP contribution in [-0.4, -0.2) is 35.6 Å². The summed E-state index contributed by atoms with van der Waals surface area (Å²) in [5.74, 6) is 0.393. The van der Waals surface area contributed by atoms with E-state index in [0.29, 0.717) is 12.4 Å². The number of aryl methyl sites for hydroxylation is 1. The van der Waals surface area contributed by atoms with Gasteiger partial charge >= 0.3 is 0 Å². The van der Waals surface area contributed by atoms with Gasteiger partial charge in [0, 0.05) is 6.07 Å². The van der Waals surface area contributed by atoms with Crippen molar-refractivity contribution in [2.45, 2.75) is 19.8 Å². The van der Waals surface area contributed by atoms with Gasteiger partial charge in [-0.25, -0.2) is 0 Å². The molecule has 1 N–H and O–H groups in total. The third-order valence-corrected chi connectivity index (χ3v) is 2.46. The fourth-order valence-electron chi connectivity index (χ4n) is 1.74. The van der Waals surface area contributed by atoms with Crippen LogP contribution in [0.25, 0.3) is 0 Å². The molecule has 2 heterocycles.